The van der Waals surface area contributed by atoms with Gasteiger partial charge in [-0.1, -0.05) is 13.3 Å². The van der Waals surface area contributed by atoms with Crippen molar-refractivity contribution in [3.8, 4) is 0 Å². The summed E-state index contributed by atoms with van der Waals surface area (Å²) in [5.74, 6) is 0. The molecular formula is C13H27N3O2S. The smallest absolute Gasteiger partial charge is 0.282 e. The van der Waals surface area contributed by atoms with Gasteiger partial charge in [-0.25, -0.2) is 0 Å². The summed E-state index contributed by atoms with van der Waals surface area (Å²) in [7, 11) is -1.58. The normalized spacial score (nSPS) is 25.9. The monoisotopic (exact) mass is 289 g/mol. The maximum absolute atomic E-state index is 12.6. The first kappa shape index (κ1) is 15.2. The Bertz CT molecular complexity index is 381. The van der Waals surface area contributed by atoms with Gasteiger partial charge < -0.3 is 5.32 Å². The van der Waals surface area contributed by atoms with Gasteiger partial charge in [-0.05, 0) is 32.1 Å². The Balaban J connectivity index is 2.00. The van der Waals surface area contributed by atoms with Crippen molar-refractivity contribution in [1.29, 1.82) is 0 Å². The van der Waals surface area contributed by atoms with Crippen molar-refractivity contribution < 1.29 is 8.42 Å². The van der Waals surface area contributed by atoms with E-state index in [4.69, 9.17) is 0 Å². The second-order valence-corrected chi connectivity index (χ2v) is 7.76. The summed E-state index contributed by atoms with van der Waals surface area (Å²) in [5.41, 5.74) is 0. The average molecular weight is 289 g/mol. The fourth-order valence-electron chi connectivity index (χ4n) is 2.68. The van der Waals surface area contributed by atoms with E-state index in [9.17, 15) is 8.42 Å². The summed E-state index contributed by atoms with van der Waals surface area (Å²) in [6, 6.07) is 0.776. The van der Waals surface area contributed by atoms with Gasteiger partial charge in [-0.15, -0.1) is 0 Å². The number of nitrogens with zero attached hydrogens (tertiary/aromatic N) is 2. The molecule has 1 aliphatic carbocycles. The van der Waals surface area contributed by atoms with Gasteiger partial charge in [-0.2, -0.15) is 17.0 Å². The minimum absolute atomic E-state index is 0.138. The van der Waals surface area contributed by atoms with Crippen molar-refractivity contribution in [3.63, 3.8) is 0 Å². The molecule has 0 bridgehead atoms. The van der Waals surface area contributed by atoms with Crippen molar-refractivity contribution in [2.24, 2.45) is 0 Å². The highest BCUT2D eigenvalue weighted by atomic mass is 32.2. The molecule has 19 heavy (non-hydrogen) atoms. The van der Waals surface area contributed by atoms with E-state index < -0.39 is 10.2 Å². The number of hydrogen-bond acceptors (Lipinski definition) is 3. The van der Waals surface area contributed by atoms with Crippen LogP contribution < -0.4 is 5.32 Å². The Hall–Kier alpha value is -0.170. The molecule has 5 nitrogen and oxygen atoms in total. The maximum atomic E-state index is 12.6. The van der Waals surface area contributed by atoms with Gasteiger partial charge in [0.15, 0.2) is 0 Å². The summed E-state index contributed by atoms with van der Waals surface area (Å²) in [6.07, 6.45) is 6.46. The van der Waals surface area contributed by atoms with Crippen LogP contribution in [-0.4, -0.2) is 55.8 Å². The minimum atomic E-state index is -3.27. The number of hydrogen-bond donors (Lipinski definition) is 1. The van der Waals surface area contributed by atoms with E-state index in [-0.39, 0.29) is 6.04 Å². The third-order valence-corrected chi connectivity index (χ3v) is 6.07. The third kappa shape index (κ3) is 3.90. The first-order valence-corrected chi connectivity index (χ1v) is 8.92. The summed E-state index contributed by atoms with van der Waals surface area (Å²) in [6.45, 7) is 4.09. The van der Waals surface area contributed by atoms with Crippen LogP contribution in [0.2, 0.25) is 0 Å². The number of piperidine rings is 1. The predicted molar refractivity (Wildman–Crippen MR) is 77.2 cm³/mol. The van der Waals surface area contributed by atoms with E-state index in [1.165, 1.54) is 17.1 Å². The summed E-state index contributed by atoms with van der Waals surface area (Å²) < 4.78 is 28.4. The van der Waals surface area contributed by atoms with Crippen LogP contribution in [0.1, 0.15) is 45.4 Å². The third-order valence-electron chi connectivity index (χ3n) is 4.02. The summed E-state index contributed by atoms with van der Waals surface area (Å²) >= 11 is 0. The molecule has 1 unspecified atom stereocenters. The van der Waals surface area contributed by atoms with Gasteiger partial charge in [0.2, 0.25) is 0 Å². The molecule has 2 aliphatic rings. The van der Waals surface area contributed by atoms with Gasteiger partial charge in [-0.3, -0.25) is 0 Å². The van der Waals surface area contributed by atoms with Crippen molar-refractivity contribution in [1.82, 2.24) is 13.9 Å². The predicted octanol–water partition coefficient (Wildman–Crippen LogP) is 1.18. The van der Waals surface area contributed by atoms with Crippen molar-refractivity contribution in [2.45, 2.75) is 57.5 Å². The lowest BCUT2D eigenvalue weighted by Gasteiger charge is -2.37. The summed E-state index contributed by atoms with van der Waals surface area (Å²) in [5, 5.41) is 3.47. The molecule has 1 saturated heterocycles. The quantitative estimate of drug-likeness (QED) is 0.766. The highest BCUT2D eigenvalue weighted by Gasteiger charge is 2.35. The standard InChI is InChI=1S/C13H27N3O2S/c1-3-9-15(2)19(17,18)16-10-5-4-6-13(16)11-14-12-7-8-12/h12-14H,3-11H2,1-2H3. The number of rotatable bonds is 7. The van der Waals surface area contributed by atoms with Crippen molar-refractivity contribution in [2.75, 3.05) is 26.7 Å². The van der Waals surface area contributed by atoms with Crippen LogP contribution in [0.5, 0.6) is 0 Å². The lowest BCUT2D eigenvalue weighted by atomic mass is 10.1. The lowest BCUT2D eigenvalue weighted by molar-refractivity contribution is 0.230. The van der Waals surface area contributed by atoms with Crippen molar-refractivity contribution in [3.05, 3.63) is 0 Å². The first-order valence-electron chi connectivity index (χ1n) is 7.52. The molecule has 2 fully saturated rings. The van der Waals surface area contributed by atoms with Gasteiger partial charge in [0, 0.05) is 38.8 Å². The Kier molecular flexibility index (Phi) is 5.22. The maximum Gasteiger partial charge on any atom is 0.282 e. The molecule has 0 aromatic rings. The Morgan fingerprint density at radius 3 is 2.63 bits per heavy atom. The second kappa shape index (κ2) is 6.52. The van der Waals surface area contributed by atoms with Crippen LogP contribution in [0.3, 0.4) is 0 Å². The van der Waals surface area contributed by atoms with Gasteiger partial charge in [0.05, 0.1) is 0 Å². The molecule has 6 heteroatoms. The zero-order chi connectivity index (χ0) is 13.9. The topological polar surface area (TPSA) is 52.7 Å². The SMILES string of the molecule is CCCN(C)S(=O)(=O)N1CCCCC1CNC1CC1. The van der Waals surface area contributed by atoms with E-state index in [1.807, 2.05) is 6.92 Å². The molecule has 0 aromatic carbocycles. The van der Waals surface area contributed by atoms with Crippen LogP contribution in [0, 0.1) is 0 Å². The highest BCUT2D eigenvalue weighted by molar-refractivity contribution is 7.86. The molecule has 1 saturated carbocycles. The molecule has 0 radical (unpaired) electrons. The zero-order valence-electron chi connectivity index (χ0n) is 12.1. The van der Waals surface area contributed by atoms with Crippen LogP contribution in [0.15, 0.2) is 0 Å². The van der Waals surface area contributed by atoms with Gasteiger partial charge in [0.25, 0.3) is 10.2 Å². The summed E-state index contributed by atoms with van der Waals surface area (Å²) in [4.78, 5) is 0. The molecule has 1 N–H and O–H groups in total. The lowest BCUT2D eigenvalue weighted by Crippen LogP contribution is -2.53. The molecule has 112 valence electrons. The van der Waals surface area contributed by atoms with Crippen molar-refractivity contribution >= 4 is 10.2 Å². The molecule has 1 atom stereocenters. The molecular weight excluding hydrogens is 262 g/mol. The second-order valence-electron chi connectivity index (χ2n) is 5.77. The van der Waals surface area contributed by atoms with Crippen LogP contribution >= 0.6 is 0 Å². The van der Waals surface area contributed by atoms with Gasteiger partial charge in [0.1, 0.15) is 0 Å². The van der Waals surface area contributed by atoms with Crippen LogP contribution in [0.4, 0.5) is 0 Å². The van der Waals surface area contributed by atoms with E-state index >= 15 is 0 Å². The van der Waals surface area contributed by atoms with Crippen LogP contribution in [-0.2, 0) is 10.2 Å². The Labute approximate surface area is 117 Å². The van der Waals surface area contributed by atoms with Gasteiger partial charge >= 0.3 is 0 Å². The zero-order valence-corrected chi connectivity index (χ0v) is 13.0. The van der Waals surface area contributed by atoms with E-state index in [2.05, 4.69) is 5.32 Å². The van der Waals surface area contributed by atoms with Crippen LogP contribution in [0.25, 0.3) is 0 Å². The Morgan fingerprint density at radius 1 is 1.26 bits per heavy atom. The molecule has 1 aliphatic heterocycles. The average Bonchev–Trinajstić information content (AvgIpc) is 3.21. The molecule has 2 rings (SSSR count). The molecule has 1 heterocycles. The first-order chi connectivity index (χ1) is 9.05. The fourth-order valence-corrected chi connectivity index (χ4v) is 4.37. The van der Waals surface area contributed by atoms with E-state index in [0.717, 1.165) is 32.2 Å². The van der Waals surface area contributed by atoms with E-state index in [0.29, 0.717) is 19.1 Å². The molecule has 0 aromatic heterocycles. The largest absolute Gasteiger partial charge is 0.312 e. The van der Waals surface area contributed by atoms with E-state index in [1.54, 1.807) is 11.4 Å². The highest BCUT2D eigenvalue weighted by Crippen LogP contribution is 2.24. The Morgan fingerprint density at radius 2 is 2.00 bits per heavy atom. The minimum Gasteiger partial charge on any atom is -0.312 e. The molecule has 0 amide bonds. The fraction of sp³-hybridized carbons (Fsp3) is 1.00. The molecule has 0 spiro atoms. The number of nitrogens with one attached hydrogen (secondary N) is 1.